The standard InChI is InChI=1S/C20H26O7/c1-11-6-15-20(9-21)16(13(22)2-4-18(20,24)10-26-15)19(11)7-14(27-17(19)23)12-3-5-25-8-12/h3,5,8,11,13-16,21-22,24H,2,4,6-7,9-10H2,1H3/t11-,13+,14-,15+,16-,18-,19+,20-/m1/s1. The van der Waals surface area contributed by atoms with Crippen molar-refractivity contribution in [3.63, 3.8) is 0 Å². The third-order valence-corrected chi connectivity index (χ3v) is 8.09. The topological polar surface area (TPSA) is 109 Å². The lowest BCUT2D eigenvalue weighted by molar-refractivity contribution is -0.243. The molecule has 27 heavy (non-hydrogen) atoms. The number of hydrogen-bond acceptors (Lipinski definition) is 7. The Morgan fingerprint density at radius 3 is 2.89 bits per heavy atom. The van der Waals surface area contributed by atoms with Gasteiger partial charge < -0.3 is 29.2 Å². The predicted octanol–water partition coefficient (Wildman–Crippen LogP) is 1.17. The van der Waals surface area contributed by atoms with Crippen LogP contribution in [0.25, 0.3) is 0 Å². The van der Waals surface area contributed by atoms with E-state index in [9.17, 15) is 20.1 Å². The number of carbonyl (C=O) groups excluding carboxylic acids is 1. The van der Waals surface area contributed by atoms with Crippen LogP contribution in [0.15, 0.2) is 23.0 Å². The second-order valence-electron chi connectivity index (χ2n) is 8.95. The van der Waals surface area contributed by atoms with Crippen molar-refractivity contribution in [2.24, 2.45) is 22.7 Å². The van der Waals surface area contributed by atoms with Crippen molar-refractivity contribution in [3.05, 3.63) is 24.2 Å². The van der Waals surface area contributed by atoms with Crippen molar-refractivity contribution >= 4 is 5.97 Å². The average Bonchev–Trinajstić information content (AvgIpc) is 3.34. The van der Waals surface area contributed by atoms with Gasteiger partial charge in [0.2, 0.25) is 0 Å². The van der Waals surface area contributed by atoms with Gasteiger partial charge in [-0.1, -0.05) is 6.92 Å². The Morgan fingerprint density at radius 1 is 1.37 bits per heavy atom. The van der Waals surface area contributed by atoms with E-state index in [1.54, 1.807) is 18.6 Å². The molecule has 4 aliphatic rings. The smallest absolute Gasteiger partial charge is 0.313 e. The van der Waals surface area contributed by atoms with Gasteiger partial charge in [-0.25, -0.2) is 0 Å². The van der Waals surface area contributed by atoms with E-state index < -0.39 is 34.6 Å². The Labute approximate surface area is 157 Å². The number of aliphatic hydroxyl groups is 3. The van der Waals surface area contributed by atoms with Crippen LogP contribution in [0.1, 0.15) is 44.3 Å². The fourth-order valence-corrected chi connectivity index (χ4v) is 6.75. The van der Waals surface area contributed by atoms with Crippen LogP contribution in [0.5, 0.6) is 0 Å². The normalized spacial score (nSPS) is 51.4. The molecule has 3 N–H and O–H groups in total. The number of aliphatic hydroxyl groups excluding tert-OH is 2. The minimum Gasteiger partial charge on any atom is -0.472 e. The zero-order valence-corrected chi connectivity index (χ0v) is 15.3. The first kappa shape index (κ1) is 17.7. The first-order valence-corrected chi connectivity index (χ1v) is 9.75. The SMILES string of the molecule is C[C@@H]1C[C@@H]2OC[C@]3(O)CC[C@H](O)[C@H]([C@]14C[C@H](c1ccoc1)OC4=O)[C@@]23CO. The molecule has 7 heteroatoms. The molecule has 2 saturated heterocycles. The number of esters is 1. The van der Waals surface area contributed by atoms with Crippen LogP contribution in [0.4, 0.5) is 0 Å². The number of cyclic esters (lactones) is 1. The molecule has 0 bridgehead atoms. The minimum absolute atomic E-state index is 0.105. The molecule has 7 nitrogen and oxygen atoms in total. The highest BCUT2D eigenvalue weighted by atomic mass is 16.6. The predicted molar refractivity (Wildman–Crippen MR) is 91.3 cm³/mol. The summed E-state index contributed by atoms with van der Waals surface area (Å²) in [5.74, 6) is -1.08. The summed E-state index contributed by atoms with van der Waals surface area (Å²) in [7, 11) is 0. The summed E-state index contributed by atoms with van der Waals surface area (Å²) in [6, 6.07) is 1.78. The average molecular weight is 378 g/mol. The molecule has 3 heterocycles. The summed E-state index contributed by atoms with van der Waals surface area (Å²) < 4.78 is 16.9. The van der Waals surface area contributed by atoms with Gasteiger partial charge in [-0.3, -0.25) is 4.79 Å². The van der Waals surface area contributed by atoms with Gasteiger partial charge >= 0.3 is 5.97 Å². The number of hydrogen-bond donors (Lipinski definition) is 3. The zero-order valence-electron chi connectivity index (χ0n) is 15.3. The van der Waals surface area contributed by atoms with Crippen molar-refractivity contribution in [2.75, 3.05) is 13.2 Å². The Kier molecular flexibility index (Phi) is 3.64. The van der Waals surface area contributed by atoms with Crippen molar-refractivity contribution in [1.29, 1.82) is 0 Å². The van der Waals surface area contributed by atoms with E-state index in [2.05, 4.69) is 0 Å². The summed E-state index contributed by atoms with van der Waals surface area (Å²) in [6.45, 7) is 1.79. The number of carbonyl (C=O) groups is 1. The largest absolute Gasteiger partial charge is 0.472 e. The van der Waals surface area contributed by atoms with Crippen LogP contribution < -0.4 is 0 Å². The zero-order chi connectivity index (χ0) is 19.0. The van der Waals surface area contributed by atoms with E-state index in [0.29, 0.717) is 25.7 Å². The number of furan rings is 1. The quantitative estimate of drug-likeness (QED) is 0.663. The third kappa shape index (κ3) is 1.93. The van der Waals surface area contributed by atoms with Crippen LogP contribution in [0.2, 0.25) is 0 Å². The van der Waals surface area contributed by atoms with Crippen molar-refractivity contribution < 1.29 is 34.0 Å². The number of ether oxygens (including phenoxy) is 2. The lowest BCUT2D eigenvalue weighted by atomic mass is 9.42. The van der Waals surface area contributed by atoms with E-state index in [-0.39, 0.29) is 31.2 Å². The second kappa shape index (κ2) is 5.56. The Bertz CT molecular complexity index is 748. The molecule has 2 aliphatic carbocycles. The molecule has 148 valence electrons. The van der Waals surface area contributed by atoms with E-state index in [1.165, 1.54) is 0 Å². The van der Waals surface area contributed by atoms with Crippen LogP contribution in [-0.4, -0.2) is 52.3 Å². The Balaban J connectivity index is 1.65. The summed E-state index contributed by atoms with van der Waals surface area (Å²) in [6.07, 6.45) is 3.15. The monoisotopic (exact) mass is 378 g/mol. The fraction of sp³-hybridized carbons (Fsp3) is 0.750. The molecule has 1 aromatic rings. The summed E-state index contributed by atoms with van der Waals surface area (Å²) in [4.78, 5) is 13.3. The summed E-state index contributed by atoms with van der Waals surface area (Å²) in [5.41, 5.74) is -2.47. The van der Waals surface area contributed by atoms with E-state index in [0.717, 1.165) is 5.56 Å². The molecule has 0 unspecified atom stereocenters. The molecular weight excluding hydrogens is 352 g/mol. The second-order valence-corrected chi connectivity index (χ2v) is 8.95. The molecule has 0 radical (unpaired) electrons. The van der Waals surface area contributed by atoms with Crippen molar-refractivity contribution in [3.8, 4) is 0 Å². The molecule has 1 aromatic heterocycles. The number of rotatable bonds is 2. The van der Waals surface area contributed by atoms with E-state index in [4.69, 9.17) is 13.9 Å². The van der Waals surface area contributed by atoms with Crippen molar-refractivity contribution in [1.82, 2.24) is 0 Å². The Morgan fingerprint density at radius 2 is 2.19 bits per heavy atom. The molecule has 2 aliphatic heterocycles. The van der Waals surface area contributed by atoms with Gasteiger partial charge in [-0.2, -0.15) is 0 Å². The highest BCUT2D eigenvalue weighted by molar-refractivity contribution is 5.81. The summed E-state index contributed by atoms with van der Waals surface area (Å²) in [5, 5.41) is 32.9. The summed E-state index contributed by atoms with van der Waals surface area (Å²) >= 11 is 0. The highest BCUT2D eigenvalue weighted by Gasteiger charge is 2.77. The lowest BCUT2D eigenvalue weighted by Gasteiger charge is -2.62. The fourth-order valence-electron chi connectivity index (χ4n) is 6.75. The third-order valence-electron chi connectivity index (χ3n) is 8.09. The maximum atomic E-state index is 13.3. The molecule has 5 rings (SSSR count). The molecule has 2 saturated carbocycles. The molecule has 0 amide bonds. The highest BCUT2D eigenvalue weighted by Crippen LogP contribution is 2.69. The maximum absolute atomic E-state index is 13.3. The molecular formula is C20H26O7. The van der Waals surface area contributed by atoms with E-state index in [1.807, 2.05) is 6.92 Å². The maximum Gasteiger partial charge on any atom is 0.313 e. The molecule has 4 fully saturated rings. The molecule has 0 aromatic carbocycles. The van der Waals surface area contributed by atoms with Crippen LogP contribution in [0, 0.1) is 22.7 Å². The van der Waals surface area contributed by atoms with Gasteiger partial charge in [0.1, 0.15) is 6.10 Å². The van der Waals surface area contributed by atoms with Gasteiger partial charge in [-0.05, 0) is 31.2 Å². The Hall–Kier alpha value is -1.41. The number of fused-ring (bicyclic) bond motifs is 1. The van der Waals surface area contributed by atoms with Gasteiger partial charge in [0.15, 0.2) is 0 Å². The van der Waals surface area contributed by atoms with E-state index >= 15 is 0 Å². The van der Waals surface area contributed by atoms with Gasteiger partial charge in [0.05, 0.1) is 54.4 Å². The van der Waals surface area contributed by atoms with Gasteiger partial charge in [-0.15, -0.1) is 0 Å². The minimum atomic E-state index is -1.24. The molecule has 1 spiro atoms. The van der Waals surface area contributed by atoms with Gasteiger partial charge in [0, 0.05) is 17.9 Å². The molecule has 8 atom stereocenters. The van der Waals surface area contributed by atoms with Crippen LogP contribution in [0.3, 0.4) is 0 Å². The van der Waals surface area contributed by atoms with Crippen LogP contribution in [-0.2, 0) is 14.3 Å². The van der Waals surface area contributed by atoms with Crippen LogP contribution >= 0.6 is 0 Å². The van der Waals surface area contributed by atoms with Gasteiger partial charge in [0.25, 0.3) is 0 Å². The lowest BCUT2D eigenvalue weighted by Crippen LogP contribution is -2.71. The van der Waals surface area contributed by atoms with Crippen molar-refractivity contribution in [2.45, 2.75) is 56.5 Å². The first-order chi connectivity index (χ1) is 12.9. The first-order valence-electron chi connectivity index (χ1n) is 9.75.